The highest BCUT2D eigenvalue weighted by Gasteiger charge is 2.32. The zero-order valence-corrected chi connectivity index (χ0v) is 13.7. The molecule has 1 aromatic rings. The van der Waals surface area contributed by atoms with Gasteiger partial charge in [-0.1, -0.05) is 20.8 Å². The molecule has 3 nitrogen and oxygen atoms in total. The summed E-state index contributed by atoms with van der Waals surface area (Å²) in [6.45, 7) is 7.32. The summed E-state index contributed by atoms with van der Waals surface area (Å²) >= 11 is 1.73. The van der Waals surface area contributed by atoms with E-state index >= 15 is 0 Å². The summed E-state index contributed by atoms with van der Waals surface area (Å²) < 4.78 is 0. The Kier molecular flexibility index (Phi) is 4.55. The van der Waals surface area contributed by atoms with Gasteiger partial charge in [-0.2, -0.15) is 0 Å². The van der Waals surface area contributed by atoms with Crippen LogP contribution >= 0.6 is 11.3 Å². The van der Waals surface area contributed by atoms with E-state index in [1.807, 2.05) is 5.38 Å². The number of amides is 1. The Balaban J connectivity index is 2.18. The van der Waals surface area contributed by atoms with Crippen molar-refractivity contribution in [1.82, 2.24) is 4.90 Å². The lowest BCUT2D eigenvalue weighted by Crippen LogP contribution is -2.31. The Morgan fingerprint density at radius 1 is 1.50 bits per heavy atom. The Bertz CT molecular complexity index is 487. The third-order valence-electron chi connectivity index (χ3n) is 4.39. The van der Waals surface area contributed by atoms with Crippen LogP contribution < -0.4 is 0 Å². The van der Waals surface area contributed by atoms with Gasteiger partial charge in [-0.15, -0.1) is 11.3 Å². The largest absolute Gasteiger partial charge is 0.395 e. The van der Waals surface area contributed by atoms with Crippen molar-refractivity contribution in [2.24, 2.45) is 11.3 Å². The number of rotatable bonds is 3. The number of likely N-dealkylation sites (N-methyl/N-ethyl adjacent to an activating group) is 1. The van der Waals surface area contributed by atoms with Crippen molar-refractivity contribution in [1.29, 1.82) is 0 Å². The normalized spacial score (nSPS) is 18.8. The molecule has 1 amide bonds. The highest BCUT2D eigenvalue weighted by atomic mass is 32.1. The van der Waals surface area contributed by atoms with Crippen LogP contribution in [0.4, 0.5) is 0 Å². The molecule has 1 unspecified atom stereocenters. The van der Waals surface area contributed by atoms with Crippen molar-refractivity contribution >= 4 is 17.2 Å². The summed E-state index contributed by atoms with van der Waals surface area (Å²) in [5.74, 6) is 0.748. The fourth-order valence-electron chi connectivity index (χ4n) is 2.89. The van der Waals surface area contributed by atoms with Crippen molar-refractivity contribution in [3.63, 3.8) is 0 Å². The number of aliphatic hydroxyl groups is 1. The molecule has 1 aliphatic carbocycles. The molecule has 1 aliphatic rings. The SMILES string of the molecule is CN(CCO)C(=O)c1csc2c1CCC(C(C)(C)C)C2. The predicted molar refractivity (Wildman–Crippen MR) is 83.3 cm³/mol. The van der Waals surface area contributed by atoms with Crippen LogP contribution in [0.3, 0.4) is 0 Å². The number of fused-ring (bicyclic) bond motifs is 1. The van der Waals surface area contributed by atoms with Crippen LogP contribution in [0.1, 0.15) is 48.0 Å². The predicted octanol–water partition coefficient (Wildman–Crippen LogP) is 2.96. The van der Waals surface area contributed by atoms with E-state index in [0.717, 1.165) is 24.8 Å². The van der Waals surface area contributed by atoms with Gasteiger partial charge in [0.1, 0.15) is 0 Å². The second kappa shape index (κ2) is 5.86. The highest BCUT2D eigenvalue weighted by Crippen LogP contribution is 2.40. The molecule has 1 N–H and O–H groups in total. The summed E-state index contributed by atoms with van der Waals surface area (Å²) in [5, 5.41) is 11.0. The number of nitrogens with zero attached hydrogens (tertiary/aromatic N) is 1. The first kappa shape index (κ1) is 15.5. The molecule has 0 aliphatic heterocycles. The molecule has 1 heterocycles. The summed E-state index contributed by atoms with van der Waals surface area (Å²) in [5.41, 5.74) is 2.44. The molecule has 1 atom stereocenters. The van der Waals surface area contributed by atoms with Gasteiger partial charge in [0.05, 0.1) is 12.2 Å². The van der Waals surface area contributed by atoms with Crippen LogP contribution in [0.2, 0.25) is 0 Å². The van der Waals surface area contributed by atoms with E-state index in [-0.39, 0.29) is 12.5 Å². The quantitative estimate of drug-likeness (QED) is 0.931. The summed E-state index contributed by atoms with van der Waals surface area (Å²) in [6.07, 6.45) is 3.27. The summed E-state index contributed by atoms with van der Waals surface area (Å²) in [7, 11) is 1.75. The number of hydrogen-bond donors (Lipinski definition) is 1. The molecule has 4 heteroatoms. The Hall–Kier alpha value is -0.870. The van der Waals surface area contributed by atoms with Crippen molar-refractivity contribution in [3.05, 3.63) is 21.4 Å². The van der Waals surface area contributed by atoms with E-state index in [1.54, 1.807) is 23.3 Å². The lowest BCUT2D eigenvalue weighted by Gasteiger charge is -2.34. The van der Waals surface area contributed by atoms with E-state index in [9.17, 15) is 4.79 Å². The Labute approximate surface area is 125 Å². The van der Waals surface area contributed by atoms with Crippen LogP contribution in [0.15, 0.2) is 5.38 Å². The molecule has 0 fully saturated rings. The molecule has 2 rings (SSSR count). The first-order valence-corrected chi connectivity index (χ1v) is 8.18. The van der Waals surface area contributed by atoms with Gasteiger partial charge in [-0.25, -0.2) is 0 Å². The molecule has 0 spiro atoms. The molecule has 112 valence electrons. The van der Waals surface area contributed by atoms with Crippen molar-refractivity contribution < 1.29 is 9.90 Å². The number of thiophene rings is 1. The topological polar surface area (TPSA) is 40.5 Å². The van der Waals surface area contributed by atoms with Crippen LogP contribution in [-0.2, 0) is 12.8 Å². The van der Waals surface area contributed by atoms with E-state index < -0.39 is 0 Å². The van der Waals surface area contributed by atoms with Crippen LogP contribution in [-0.4, -0.2) is 36.1 Å². The van der Waals surface area contributed by atoms with E-state index in [0.29, 0.717) is 17.9 Å². The zero-order valence-electron chi connectivity index (χ0n) is 12.9. The lowest BCUT2D eigenvalue weighted by molar-refractivity contribution is 0.0766. The van der Waals surface area contributed by atoms with Gasteiger partial charge in [0.15, 0.2) is 0 Å². The molecular formula is C16H25NO2S. The smallest absolute Gasteiger partial charge is 0.254 e. The third kappa shape index (κ3) is 3.07. The minimum Gasteiger partial charge on any atom is -0.395 e. The van der Waals surface area contributed by atoms with Gasteiger partial charge in [-0.05, 0) is 36.2 Å². The number of aliphatic hydroxyl groups excluding tert-OH is 1. The van der Waals surface area contributed by atoms with E-state index in [1.165, 1.54) is 10.4 Å². The molecule has 0 saturated heterocycles. The fraction of sp³-hybridized carbons (Fsp3) is 0.688. The number of carbonyl (C=O) groups excluding carboxylic acids is 1. The first-order valence-electron chi connectivity index (χ1n) is 7.30. The van der Waals surface area contributed by atoms with E-state index in [4.69, 9.17) is 5.11 Å². The lowest BCUT2D eigenvalue weighted by atomic mass is 9.72. The maximum absolute atomic E-state index is 12.4. The Morgan fingerprint density at radius 2 is 2.20 bits per heavy atom. The zero-order chi connectivity index (χ0) is 14.9. The van der Waals surface area contributed by atoms with Crippen molar-refractivity contribution in [3.8, 4) is 0 Å². The van der Waals surface area contributed by atoms with Crippen molar-refractivity contribution in [2.45, 2.75) is 40.0 Å². The number of carbonyl (C=O) groups is 1. The minimum absolute atomic E-state index is 0.0145. The fourth-order valence-corrected chi connectivity index (χ4v) is 4.04. The molecule has 20 heavy (non-hydrogen) atoms. The minimum atomic E-state index is 0.0145. The molecule has 0 radical (unpaired) electrons. The van der Waals surface area contributed by atoms with Crippen LogP contribution in [0.5, 0.6) is 0 Å². The second-order valence-corrected chi connectivity index (χ2v) is 7.77. The van der Waals surface area contributed by atoms with Crippen LogP contribution in [0.25, 0.3) is 0 Å². The molecule has 0 saturated carbocycles. The van der Waals surface area contributed by atoms with Gasteiger partial charge in [0.2, 0.25) is 0 Å². The monoisotopic (exact) mass is 295 g/mol. The molecule has 0 bridgehead atoms. The maximum atomic E-state index is 12.4. The maximum Gasteiger partial charge on any atom is 0.254 e. The average molecular weight is 295 g/mol. The van der Waals surface area contributed by atoms with Crippen molar-refractivity contribution in [2.75, 3.05) is 20.2 Å². The molecule has 0 aromatic carbocycles. The van der Waals surface area contributed by atoms with Crippen LogP contribution in [0, 0.1) is 11.3 Å². The first-order chi connectivity index (χ1) is 9.34. The second-order valence-electron chi connectivity index (χ2n) is 6.81. The molecule has 1 aromatic heterocycles. The van der Waals surface area contributed by atoms with Gasteiger partial charge in [0.25, 0.3) is 5.91 Å². The standard InChI is InChI=1S/C16H25NO2S/c1-16(2,3)11-5-6-12-13(10-20-14(12)9-11)15(19)17(4)7-8-18/h10-11,18H,5-9H2,1-4H3. The summed E-state index contributed by atoms with van der Waals surface area (Å²) in [6, 6.07) is 0. The van der Waals surface area contributed by atoms with Gasteiger partial charge < -0.3 is 10.0 Å². The number of hydrogen-bond acceptors (Lipinski definition) is 3. The Morgan fingerprint density at radius 3 is 2.80 bits per heavy atom. The third-order valence-corrected chi connectivity index (χ3v) is 5.44. The van der Waals surface area contributed by atoms with Gasteiger partial charge in [0, 0.05) is 23.8 Å². The van der Waals surface area contributed by atoms with Gasteiger partial charge >= 0.3 is 0 Å². The van der Waals surface area contributed by atoms with E-state index in [2.05, 4.69) is 20.8 Å². The van der Waals surface area contributed by atoms with Gasteiger partial charge in [-0.3, -0.25) is 4.79 Å². The summed E-state index contributed by atoms with van der Waals surface area (Å²) in [4.78, 5) is 15.4. The highest BCUT2D eigenvalue weighted by molar-refractivity contribution is 7.10. The average Bonchev–Trinajstić information content (AvgIpc) is 2.79. The molecular weight excluding hydrogens is 270 g/mol.